The minimum Gasteiger partial charge on any atom is -0.356 e. The van der Waals surface area contributed by atoms with Gasteiger partial charge in [0.05, 0.1) is 11.4 Å². The first-order valence-electron chi connectivity index (χ1n) is 36.4. The molecular formula is C86H124N6O4Zr2. The number of hydrogen-bond donors (Lipinski definition) is 6. The van der Waals surface area contributed by atoms with Crippen LogP contribution in [0, 0.1) is 40.5 Å². The standard InChI is InChI=1S/2C37H51N3O2.2C6H11.2Zr/c2*1-20(2)28-16-24(9)17-29(21(3)4)34(28)36(41)38-26(11)32-14-13-15-33(40-32)27(12)39-37(42)35-30(22(5)6)18-25(10)19-31(35)23(7)8;2*1-2-4-6-5-3-1;;/h2*13-14,16-23,40H,15H2,1-12H3,(H,38,41)(H,39,42);2*1H,2-6H2;;/q;;2*-1;;+2. The van der Waals surface area contributed by atoms with Crippen molar-refractivity contribution in [1.29, 1.82) is 0 Å². The summed E-state index contributed by atoms with van der Waals surface area (Å²) in [6, 6.07) is 17.0. The SMILES string of the molecule is CC(NC(=O)c1c(C(C)C)cc(C)cc1C(C)C)=C1C=CCC(=C(C)NC(=O)c2c(C(C)C)cc(C)cc2C(C)C)N1.CC(NC(=O)c1c(C(C)C)cc(C)cc1C(C)C)=C1C=CCC(=C(C)NC(=O)c2c(C(C)C)cc(C)cc2C(C)C)N1.[CH-]1CCCCC1.[CH-]1CCCCC1.[Zr+2].[Zr]. The molecule has 8 rings (SSSR count). The van der Waals surface area contributed by atoms with Crippen molar-refractivity contribution in [2.24, 2.45) is 0 Å². The number of nitrogens with one attached hydrogen (secondary N) is 6. The van der Waals surface area contributed by atoms with E-state index in [9.17, 15) is 19.2 Å². The van der Waals surface area contributed by atoms with Crippen molar-refractivity contribution in [3.8, 4) is 0 Å². The summed E-state index contributed by atoms with van der Waals surface area (Å²) >= 11 is 0. The maximum absolute atomic E-state index is 13.7. The largest absolute Gasteiger partial charge is 2.00 e. The Labute approximate surface area is 633 Å². The minimum atomic E-state index is -0.0921. The summed E-state index contributed by atoms with van der Waals surface area (Å²) in [4.78, 5) is 54.8. The van der Waals surface area contributed by atoms with E-state index in [4.69, 9.17) is 0 Å². The summed E-state index contributed by atoms with van der Waals surface area (Å²) in [5, 5.41) is 19.6. The van der Waals surface area contributed by atoms with Crippen molar-refractivity contribution < 1.29 is 71.6 Å². The maximum Gasteiger partial charge on any atom is 2.00 e. The summed E-state index contributed by atoms with van der Waals surface area (Å²) in [5.41, 5.74) is 22.8. The Morgan fingerprint density at radius 2 is 0.531 bits per heavy atom. The summed E-state index contributed by atoms with van der Waals surface area (Å²) in [6.45, 7) is 50.1. The van der Waals surface area contributed by atoms with E-state index in [2.05, 4.69) is 244 Å². The summed E-state index contributed by atoms with van der Waals surface area (Å²) in [6.07, 6.45) is 28.4. The second-order valence-electron chi connectivity index (χ2n) is 29.9. The molecule has 4 aliphatic rings. The van der Waals surface area contributed by atoms with Crippen LogP contribution < -0.4 is 31.9 Å². The van der Waals surface area contributed by atoms with Crippen LogP contribution in [0.3, 0.4) is 0 Å². The zero-order valence-electron chi connectivity index (χ0n) is 64.8. The van der Waals surface area contributed by atoms with E-state index in [0.29, 0.717) is 12.8 Å². The molecule has 0 aromatic heterocycles. The van der Waals surface area contributed by atoms with Crippen LogP contribution in [0.5, 0.6) is 0 Å². The van der Waals surface area contributed by atoms with Gasteiger partial charge < -0.3 is 44.7 Å². The molecule has 12 heteroatoms. The Morgan fingerprint density at radius 1 is 0.337 bits per heavy atom. The van der Waals surface area contributed by atoms with Crippen LogP contribution in [0.4, 0.5) is 0 Å². The third-order valence-electron chi connectivity index (χ3n) is 18.6. The summed E-state index contributed by atoms with van der Waals surface area (Å²) < 4.78 is 0. The first kappa shape index (κ1) is 86.8. The number of hydrogen-bond acceptors (Lipinski definition) is 6. The number of benzene rings is 4. The van der Waals surface area contributed by atoms with E-state index in [0.717, 1.165) is 112 Å². The normalized spacial score (nSPS) is 16.5. The molecule has 2 heterocycles. The molecule has 0 unspecified atom stereocenters. The Morgan fingerprint density at radius 3 is 0.694 bits per heavy atom. The zero-order chi connectivity index (χ0) is 71.4. The van der Waals surface area contributed by atoms with Gasteiger partial charge in [0.2, 0.25) is 0 Å². The molecule has 98 heavy (non-hydrogen) atoms. The van der Waals surface area contributed by atoms with Crippen LogP contribution in [0.15, 0.2) is 118 Å². The van der Waals surface area contributed by atoms with Crippen LogP contribution in [0.2, 0.25) is 0 Å². The Kier molecular flexibility index (Phi) is 36.7. The Hall–Kier alpha value is -5.43. The van der Waals surface area contributed by atoms with Gasteiger partial charge in [-0.25, -0.2) is 0 Å². The Bertz CT molecular complexity index is 3200. The maximum atomic E-state index is 13.7. The minimum absolute atomic E-state index is 0. The third kappa shape index (κ3) is 25.0. The van der Waals surface area contributed by atoms with Crippen molar-refractivity contribution in [2.45, 2.75) is 291 Å². The van der Waals surface area contributed by atoms with Crippen molar-refractivity contribution in [1.82, 2.24) is 31.9 Å². The summed E-state index contributed by atoms with van der Waals surface area (Å²) in [5.74, 6) is 1.48. The first-order chi connectivity index (χ1) is 45.2. The van der Waals surface area contributed by atoms with E-state index < -0.39 is 0 Å². The van der Waals surface area contributed by atoms with Gasteiger partial charge in [-0.2, -0.15) is 25.7 Å². The fourth-order valence-corrected chi connectivity index (χ4v) is 13.1. The van der Waals surface area contributed by atoms with Crippen LogP contribution in [-0.2, 0) is 52.4 Å². The quantitative estimate of drug-likeness (QED) is 0.0618. The number of aryl methyl sites for hydroxylation is 4. The van der Waals surface area contributed by atoms with E-state index in [1.165, 1.54) is 86.5 Å². The molecular weight excluding hydrogens is 1360 g/mol. The van der Waals surface area contributed by atoms with Gasteiger partial charge in [0, 0.05) is 95.5 Å². The van der Waals surface area contributed by atoms with Crippen LogP contribution in [-0.4, -0.2) is 23.6 Å². The van der Waals surface area contributed by atoms with Crippen LogP contribution in [0.25, 0.3) is 0 Å². The predicted molar refractivity (Wildman–Crippen MR) is 407 cm³/mol. The fraction of sp³-hybridized carbons (Fsp3) is 0.512. The molecule has 530 valence electrons. The molecule has 4 aromatic carbocycles. The average Bonchev–Trinajstić information content (AvgIpc) is 0.815. The fourth-order valence-electron chi connectivity index (χ4n) is 13.1. The zero-order valence-corrected chi connectivity index (χ0v) is 69.7. The van der Waals surface area contributed by atoms with Gasteiger partial charge in [0.1, 0.15) is 0 Å². The van der Waals surface area contributed by atoms with E-state index in [1.807, 2.05) is 39.8 Å². The van der Waals surface area contributed by atoms with Gasteiger partial charge in [0.25, 0.3) is 23.6 Å². The Balaban J connectivity index is 0.000000425. The molecule has 0 bridgehead atoms. The second kappa shape index (κ2) is 41.5. The van der Waals surface area contributed by atoms with E-state index in [1.54, 1.807) is 0 Å². The van der Waals surface area contributed by atoms with Gasteiger partial charge in [-0.15, -0.1) is 0 Å². The molecule has 4 amide bonds. The van der Waals surface area contributed by atoms with Gasteiger partial charge in [0.15, 0.2) is 0 Å². The molecule has 10 nitrogen and oxygen atoms in total. The van der Waals surface area contributed by atoms with E-state index >= 15 is 0 Å². The van der Waals surface area contributed by atoms with Crippen molar-refractivity contribution >= 4 is 23.6 Å². The van der Waals surface area contributed by atoms with Crippen LogP contribution in [0.1, 0.15) is 371 Å². The van der Waals surface area contributed by atoms with Crippen molar-refractivity contribution in [2.75, 3.05) is 0 Å². The monoisotopic (exact) mass is 1480 g/mol. The number of allylic oxidation sites excluding steroid dienone is 8. The molecule has 0 saturated heterocycles. The number of carbonyl (C=O) groups excluding carboxylic acids is 4. The summed E-state index contributed by atoms with van der Waals surface area (Å²) in [7, 11) is 0. The molecule has 0 radical (unpaired) electrons. The molecule has 6 N–H and O–H groups in total. The smallest absolute Gasteiger partial charge is 0.356 e. The third-order valence-corrected chi connectivity index (χ3v) is 18.6. The van der Waals surface area contributed by atoms with Crippen LogP contribution >= 0.6 is 0 Å². The van der Waals surface area contributed by atoms with Gasteiger partial charge in [-0.3, -0.25) is 19.2 Å². The number of rotatable bonds is 16. The predicted octanol–water partition coefficient (Wildman–Crippen LogP) is 22.2. The second-order valence-corrected chi connectivity index (χ2v) is 29.9. The van der Waals surface area contributed by atoms with Gasteiger partial charge in [-0.05, 0) is 159 Å². The van der Waals surface area contributed by atoms with Gasteiger partial charge >= 0.3 is 26.2 Å². The topological polar surface area (TPSA) is 140 Å². The molecule has 4 aromatic rings. The van der Waals surface area contributed by atoms with Gasteiger partial charge in [-0.1, -0.05) is 232 Å². The molecule has 0 atom stereocenters. The van der Waals surface area contributed by atoms with E-state index in [-0.39, 0.29) is 123 Å². The molecule has 0 spiro atoms. The average molecular weight is 1490 g/mol. The van der Waals surface area contributed by atoms with Crippen molar-refractivity contribution in [3.05, 3.63) is 220 Å². The number of amides is 4. The number of carbonyl (C=O) groups is 4. The molecule has 2 aliphatic heterocycles. The molecule has 2 aliphatic carbocycles. The molecule has 2 fully saturated rings. The van der Waals surface area contributed by atoms with Crippen molar-refractivity contribution in [3.63, 3.8) is 0 Å². The first-order valence-corrected chi connectivity index (χ1v) is 36.4. The molecule has 2 saturated carbocycles.